The number of aliphatic hydroxyl groups excluding tert-OH is 3. The Hall–Kier alpha value is -10.3. The van der Waals surface area contributed by atoms with Crippen molar-refractivity contribution in [3.8, 4) is 5.75 Å². The zero-order valence-electron chi connectivity index (χ0n) is 62.7. The third-order valence-electron chi connectivity index (χ3n) is 17.0. The number of hydrogen-bond acceptors (Lipinski definition) is 24. The summed E-state index contributed by atoms with van der Waals surface area (Å²) in [7, 11) is 0. The Morgan fingerprint density at radius 1 is 0.580 bits per heavy atom. The monoisotopic (exact) mass is 1630 g/mol. The van der Waals surface area contributed by atoms with Crippen molar-refractivity contribution < 1.29 is 122 Å². The predicted molar refractivity (Wildman–Crippen MR) is 406 cm³/mol. The third kappa shape index (κ3) is 31.8. The van der Waals surface area contributed by atoms with Gasteiger partial charge in [0.15, 0.2) is 0 Å². The largest absolute Gasteiger partial charge is 0.493 e. The minimum absolute atomic E-state index is 0.00726. The van der Waals surface area contributed by atoms with Gasteiger partial charge in [-0.3, -0.25) is 76.7 Å². The number of para-hydroxylation sites is 1. The van der Waals surface area contributed by atoms with Gasteiger partial charge in [0, 0.05) is 54.8 Å². The number of amides is 13. The first-order valence-electron chi connectivity index (χ1n) is 35.5. The Morgan fingerprint density at radius 3 is 1.67 bits per heavy atom. The van der Waals surface area contributed by atoms with Crippen LogP contribution in [0.1, 0.15) is 97.6 Å². The summed E-state index contributed by atoms with van der Waals surface area (Å²) in [6.07, 6.45) is -3.29. The maximum Gasteiger partial charge on any atom is 0.326 e. The maximum atomic E-state index is 15.2. The minimum atomic E-state index is -2.03. The van der Waals surface area contributed by atoms with Crippen LogP contribution in [0.5, 0.6) is 5.75 Å². The molecule has 1 aromatic heterocycles. The SMILES string of the molecule is CSCC[C@@H]1NC(=O)[C@H](C)NC(=O)[C@H](CCC(=O)O)NC(=O)[C@@H](NC(=O)[C@H](Cc2c[nH]c3ccccc23)NC(=O)[C@H](CO)NC(=O)[C@H](CC(C)C)NC(=O)[C@@H](NC(C)=O)[C@@H](C)O)Cc2ccc(cc2)OCCSC[C@@H](C(=O)N[C@H](C(=O)N[C@@H](CC(=O)O)C(=O)O)[C@@H](C)O)NC(=O)[C@H](CCSC)NC(=O)[C@H](CC(=O)O)NC1=O. The number of benzene rings is 2. The van der Waals surface area contributed by atoms with Gasteiger partial charge in [-0.2, -0.15) is 35.3 Å². The van der Waals surface area contributed by atoms with Crippen molar-refractivity contribution in [2.45, 2.75) is 190 Å². The van der Waals surface area contributed by atoms with Crippen LogP contribution in [0.25, 0.3) is 10.9 Å². The van der Waals surface area contributed by atoms with Gasteiger partial charge < -0.3 is 115 Å². The number of aliphatic hydroxyl groups is 3. The van der Waals surface area contributed by atoms with Crippen LogP contribution in [0.15, 0.2) is 54.7 Å². The number of carboxylic acid groups (broad SMARTS) is 4. The first-order chi connectivity index (χ1) is 52.9. The molecule has 15 atom stereocenters. The van der Waals surface area contributed by atoms with E-state index in [2.05, 4.69) is 68.8 Å². The lowest BCUT2D eigenvalue weighted by Crippen LogP contribution is -2.62. The number of aromatic amines is 1. The van der Waals surface area contributed by atoms with Gasteiger partial charge in [0.25, 0.3) is 0 Å². The molecular weight excluding hydrogens is 1530 g/mol. The molecule has 0 saturated carbocycles. The summed E-state index contributed by atoms with van der Waals surface area (Å²) in [4.78, 5) is 234. The Kier molecular flexibility index (Phi) is 39.6. The second-order valence-corrected chi connectivity index (χ2v) is 29.8. The zero-order valence-corrected chi connectivity index (χ0v) is 65.2. The molecule has 5 rings (SSSR count). The summed E-state index contributed by atoms with van der Waals surface area (Å²) < 4.78 is 5.99. The van der Waals surface area contributed by atoms with Gasteiger partial charge in [-0.1, -0.05) is 44.2 Å². The summed E-state index contributed by atoms with van der Waals surface area (Å²) in [5.41, 5.74) is 1.29. The van der Waals surface area contributed by atoms with E-state index in [1.54, 1.807) is 50.6 Å². The molecule has 3 heterocycles. The van der Waals surface area contributed by atoms with E-state index in [1.807, 2.05) is 5.32 Å². The molecule has 42 heteroatoms. The summed E-state index contributed by atoms with van der Waals surface area (Å²) >= 11 is 3.37. The normalized spacial score (nSPS) is 20.7. The number of thioether (sulfide) groups is 3. The van der Waals surface area contributed by atoms with Crippen LogP contribution in [0.3, 0.4) is 0 Å². The molecule has 0 aliphatic carbocycles. The summed E-state index contributed by atoms with van der Waals surface area (Å²) in [5.74, 6) is -20.9. The first-order valence-corrected chi connectivity index (χ1v) is 39.4. The Bertz CT molecular complexity index is 3810. The lowest BCUT2D eigenvalue weighted by atomic mass is 10.0. The number of carbonyl (C=O) groups excluding carboxylic acids is 13. The maximum absolute atomic E-state index is 15.2. The molecule has 2 aliphatic rings. The van der Waals surface area contributed by atoms with Crippen molar-refractivity contribution >= 4 is 147 Å². The van der Waals surface area contributed by atoms with Gasteiger partial charge in [0.1, 0.15) is 84.3 Å². The number of nitrogens with one attached hydrogen (secondary N) is 14. The van der Waals surface area contributed by atoms with Gasteiger partial charge in [0.2, 0.25) is 76.8 Å². The molecule has 2 aliphatic heterocycles. The highest BCUT2D eigenvalue weighted by atomic mass is 32.2. The van der Waals surface area contributed by atoms with Crippen LogP contribution in [-0.2, 0) is 94.3 Å². The average Bonchev–Trinajstić information content (AvgIpc) is 1.66. The van der Waals surface area contributed by atoms with E-state index in [0.717, 1.165) is 32.5 Å². The number of carbonyl (C=O) groups is 17. The molecule has 21 N–H and O–H groups in total. The lowest BCUT2D eigenvalue weighted by molar-refractivity contribution is -0.148. The summed E-state index contributed by atoms with van der Waals surface area (Å²) in [6.45, 7) is 6.69. The third-order valence-corrected chi connectivity index (χ3v) is 19.3. The molecule has 39 nitrogen and oxygen atoms in total. The van der Waals surface area contributed by atoms with E-state index in [9.17, 15) is 108 Å². The van der Waals surface area contributed by atoms with Gasteiger partial charge in [-0.25, -0.2) is 4.79 Å². The zero-order chi connectivity index (χ0) is 83.6. The highest BCUT2D eigenvalue weighted by Crippen LogP contribution is 2.21. The van der Waals surface area contributed by atoms with Crippen molar-refractivity contribution in [1.82, 2.24) is 74.1 Å². The number of ether oxygens (including phenoxy) is 1. The van der Waals surface area contributed by atoms with Crippen LogP contribution in [0, 0.1) is 5.92 Å². The molecule has 13 amide bonds. The lowest BCUT2D eigenvalue weighted by Gasteiger charge is -2.28. The van der Waals surface area contributed by atoms with E-state index in [1.165, 1.54) is 60.9 Å². The molecule has 0 saturated heterocycles. The van der Waals surface area contributed by atoms with Crippen molar-refractivity contribution in [2.75, 3.05) is 48.7 Å². The molecule has 0 radical (unpaired) electrons. The van der Waals surface area contributed by atoms with Crippen LogP contribution in [0.2, 0.25) is 0 Å². The molecule has 2 aromatic carbocycles. The van der Waals surface area contributed by atoms with Gasteiger partial charge >= 0.3 is 23.9 Å². The molecule has 0 spiro atoms. The van der Waals surface area contributed by atoms with Crippen molar-refractivity contribution in [1.29, 1.82) is 0 Å². The van der Waals surface area contributed by atoms with Crippen molar-refractivity contribution in [3.05, 3.63) is 65.9 Å². The smallest absolute Gasteiger partial charge is 0.326 e. The number of H-pyrrole nitrogens is 1. The predicted octanol–water partition coefficient (Wildman–Crippen LogP) is -4.37. The second-order valence-electron chi connectivity index (χ2n) is 26.7. The number of rotatable bonds is 34. The molecule has 112 heavy (non-hydrogen) atoms. The number of fused-ring (bicyclic) bond motifs is 27. The topological polar surface area (TPSA) is 613 Å². The van der Waals surface area contributed by atoms with E-state index < -0.39 is 230 Å². The van der Waals surface area contributed by atoms with Crippen molar-refractivity contribution in [2.24, 2.45) is 5.92 Å². The van der Waals surface area contributed by atoms with E-state index in [0.29, 0.717) is 16.5 Å². The molecular formula is C70H100N14O25S3. The standard InChI is InChI=1S/C70H100N14O25S3/c1-33(2)25-46(80-68(105)56(35(4)86)73-37(6)88)62(99)82-51(31-85)66(103)78-48(27-39-30-71-42-12-10-9-11-41(39)42)64(101)77-47-26-38-13-15-40(16-14-38)109-21-24-112-32-52(67(104)84-57(36(5)87)69(106)81-50(70(107)108)29-55(93)94)83-61(98)45(20-23-111-8)76-65(102)49(28-54(91)92)79-60(97)44(19-22-110-7)74-58(95)34(3)72-59(96)43(75-63(47)100)17-18-53(89)90/h9-16,30,33-36,43-52,56-57,71,85-87H,17-29,31-32H2,1-8H3,(H,72,96)(H,73,88)(H,74,95)(H,75,100)(H,76,102)(H,77,101)(H,78,103)(H,79,97)(H,80,105)(H,81,106)(H,82,99)(H,83,98)(H,84,104)(H,89,90)(H,91,92)(H,93,94)(H,107,108)/t34-,35+,36+,43-,44-,45-,46-,47-,48-,49-,50-,51-,52-,56-,57-/m0/s1. The highest BCUT2D eigenvalue weighted by Gasteiger charge is 2.39. The molecule has 2 bridgehead atoms. The average molecular weight is 1630 g/mol. The Labute approximate surface area is 656 Å². The number of hydrogen-bond donors (Lipinski definition) is 21. The Morgan fingerprint density at radius 2 is 1.11 bits per heavy atom. The quantitative estimate of drug-likeness (QED) is 0.0251. The fourth-order valence-electron chi connectivity index (χ4n) is 11.1. The van der Waals surface area contributed by atoms with Crippen molar-refractivity contribution in [3.63, 3.8) is 0 Å². The number of carboxylic acids is 4. The summed E-state index contributed by atoms with van der Waals surface area (Å²) in [6, 6.07) is -9.94. The fraction of sp³-hybridized carbons (Fsp3) is 0.557. The fourth-order valence-corrected chi connectivity index (χ4v) is 12.9. The van der Waals surface area contributed by atoms with E-state index in [-0.39, 0.29) is 72.5 Å². The molecule has 618 valence electrons. The Balaban J connectivity index is 1.85. The highest BCUT2D eigenvalue weighted by molar-refractivity contribution is 7.99. The first kappa shape index (κ1) is 94.1. The van der Waals surface area contributed by atoms with Crippen LogP contribution in [-0.4, -0.2) is 281 Å². The minimum Gasteiger partial charge on any atom is -0.493 e. The van der Waals surface area contributed by atoms with E-state index in [4.69, 9.17) is 4.74 Å². The van der Waals surface area contributed by atoms with Gasteiger partial charge in [-0.05, 0) is 106 Å². The van der Waals surface area contributed by atoms with Gasteiger partial charge in [-0.15, -0.1) is 0 Å². The molecule has 3 aromatic rings. The van der Waals surface area contributed by atoms with Crippen LogP contribution >= 0.6 is 35.3 Å². The van der Waals surface area contributed by atoms with Gasteiger partial charge in [0.05, 0.1) is 38.3 Å². The number of aromatic nitrogens is 1. The second kappa shape index (κ2) is 47.2. The number of aliphatic carboxylic acids is 4. The summed E-state index contributed by atoms with van der Waals surface area (Å²) in [5, 5.41) is 102. The molecule has 0 unspecified atom stereocenters. The van der Waals surface area contributed by atoms with Crippen LogP contribution < -0.4 is 73.9 Å². The van der Waals surface area contributed by atoms with Crippen LogP contribution in [0.4, 0.5) is 0 Å². The molecule has 0 fully saturated rings. The van der Waals surface area contributed by atoms with E-state index >= 15 is 9.59 Å².